The maximum atomic E-state index is 13.7. The molecule has 4 nitrogen and oxygen atoms in total. The van der Waals surface area contributed by atoms with E-state index < -0.39 is 5.41 Å². The highest BCUT2D eigenvalue weighted by Gasteiger charge is 2.53. The molecule has 158 valence electrons. The second kappa shape index (κ2) is 7.45. The summed E-state index contributed by atoms with van der Waals surface area (Å²) in [5.41, 5.74) is 5.69. The Balaban J connectivity index is 1.48. The number of methoxy groups -OCH3 is 2. The predicted octanol–water partition coefficient (Wildman–Crippen LogP) is 5.01. The molecule has 4 heteroatoms. The molecule has 3 aromatic carbocycles. The molecule has 31 heavy (non-hydrogen) atoms. The first-order chi connectivity index (χ1) is 15.1. The van der Waals surface area contributed by atoms with Gasteiger partial charge in [-0.2, -0.15) is 0 Å². The van der Waals surface area contributed by atoms with Crippen LogP contribution in [0.25, 0.3) is 0 Å². The Hall–Kier alpha value is -3.27. The summed E-state index contributed by atoms with van der Waals surface area (Å²) in [6, 6.07) is 22.9. The van der Waals surface area contributed by atoms with E-state index in [0.29, 0.717) is 6.54 Å². The number of carbonyl (C=O) groups excluding carboxylic acids is 1. The van der Waals surface area contributed by atoms with Gasteiger partial charge in [0.1, 0.15) is 11.5 Å². The van der Waals surface area contributed by atoms with Gasteiger partial charge in [-0.15, -0.1) is 0 Å². The zero-order chi connectivity index (χ0) is 21.6. The van der Waals surface area contributed by atoms with Gasteiger partial charge in [0, 0.05) is 23.9 Å². The predicted molar refractivity (Wildman–Crippen MR) is 121 cm³/mol. The zero-order valence-electron chi connectivity index (χ0n) is 18.1. The largest absolute Gasteiger partial charge is 0.497 e. The molecule has 0 radical (unpaired) electrons. The molecule has 1 unspecified atom stereocenters. The minimum atomic E-state index is -0.514. The fourth-order valence-electron chi connectivity index (χ4n) is 5.59. The molecular weight excluding hydrogens is 386 g/mol. The molecule has 0 fully saturated rings. The van der Waals surface area contributed by atoms with Crippen LogP contribution in [0.5, 0.6) is 11.5 Å². The Bertz CT molecular complexity index is 1110. The smallest absolute Gasteiger partial charge is 0.227 e. The number of ether oxygens (including phenoxy) is 2. The molecule has 1 atom stereocenters. The third-order valence-corrected chi connectivity index (χ3v) is 7.08. The molecule has 3 aliphatic rings. The summed E-state index contributed by atoms with van der Waals surface area (Å²) in [6.07, 6.45) is 0.812. The number of amides is 1. The molecular formula is C27H27NO3. The van der Waals surface area contributed by atoms with Crippen molar-refractivity contribution in [2.24, 2.45) is 5.41 Å². The number of rotatable bonds is 5. The van der Waals surface area contributed by atoms with Gasteiger partial charge in [-0.1, -0.05) is 48.5 Å². The van der Waals surface area contributed by atoms with Crippen LogP contribution in [-0.4, -0.2) is 20.1 Å². The second-order valence-electron chi connectivity index (χ2n) is 8.73. The number of nitrogens with one attached hydrogen (secondary N) is 1. The molecule has 0 spiro atoms. The highest BCUT2D eigenvalue weighted by Crippen LogP contribution is 2.60. The molecule has 0 aliphatic heterocycles. The van der Waals surface area contributed by atoms with Gasteiger partial charge in [0.15, 0.2) is 0 Å². The Morgan fingerprint density at radius 2 is 1.55 bits per heavy atom. The third-order valence-electron chi connectivity index (χ3n) is 7.08. The van der Waals surface area contributed by atoms with Crippen molar-refractivity contribution in [2.75, 3.05) is 14.2 Å². The van der Waals surface area contributed by atoms with Crippen LogP contribution in [0.1, 0.15) is 53.0 Å². The van der Waals surface area contributed by atoms with E-state index in [2.05, 4.69) is 60.8 Å². The van der Waals surface area contributed by atoms with Crippen molar-refractivity contribution < 1.29 is 14.3 Å². The van der Waals surface area contributed by atoms with Crippen molar-refractivity contribution in [2.45, 2.75) is 31.7 Å². The summed E-state index contributed by atoms with van der Waals surface area (Å²) in [5, 5.41) is 3.21. The third kappa shape index (κ3) is 3.01. The van der Waals surface area contributed by atoms with E-state index >= 15 is 0 Å². The maximum Gasteiger partial charge on any atom is 0.227 e. The average Bonchev–Trinajstić information content (AvgIpc) is 2.82. The van der Waals surface area contributed by atoms with Crippen LogP contribution >= 0.6 is 0 Å². The van der Waals surface area contributed by atoms with Crippen molar-refractivity contribution in [1.29, 1.82) is 0 Å². The molecule has 0 saturated carbocycles. The molecule has 0 aromatic heterocycles. The highest BCUT2D eigenvalue weighted by molar-refractivity contribution is 5.86. The second-order valence-corrected chi connectivity index (χ2v) is 8.73. The number of hydrogen-bond donors (Lipinski definition) is 1. The highest BCUT2D eigenvalue weighted by atomic mass is 16.5. The quantitative estimate of drug-likeness (QED) is 0.640. The van der Waals surface area contributed by atoms with Crippen molar-refractivity contribution in [3.63, 3.8) is 0 Å². The Kier molecular flexibility index (Phi) is 4.73. The monoisotopic (exact) mass is 413 g/mol. The van der Waals surface area contributed by atoms with Gasteiger partial charge in [-0.3, -0.25) is 4.79 Å². The summed E-state index contributed by atoms with van der Waals surface area (Å²) in [7, 11) is 3.28. The van der Waals surface area contributed by atoms with Gasteiger partial charge in [0.25, 0.3) is 0 Å². The maximum absolute atomic E-state index is 13.7. The van der Waals surface area contributed by atoms with Crippen LogP contribution in [0, 0.1) is 5.41 Å². The number of carbonyl (C=O) groups is 1. The SMILES string of the molecule is COc1ccc(OC)c(CNC(=O)C2(C)CC3c4ccccc4C2c2ccccc23)c1. The first-order valence-corrected chi connectivity index (χ1v) is 10.7. The summed E-state index contributed by atoms with van der Waals surface area (Å²) in [6.45, 7) is 2.52. The standard InChI is InChI=1S/C27H27NO3/c1-27(26(29)28-16-17-14-18(30-2)12-13-24(17)31-3)15-23-19-8-4-6-10-21(19)25(27)22-11-7-5-9-20(22)23/h4-14,23,25H,15-16H2,1-3H3,(H,28,29). The molecule has 1 amide bonds. The van der Waals surface area contributed by atoms with Crippen LogP contribution in [0.15, 0.2) is 66.7 Å². The lowest BCUT2D eigenvalue weighted by Crippen LogP contribution is -2.49. The first kappa shape index (κ1) is 19.7. The minimum absolute atomic E-state index is 0.0529. The topological polar surface area (TPSA) is 47.6 Å². The van der Waals surface area contributed by atoms with Crippen LogP contribution in [0.4, 0.5) is 0 Å². The fourth-order valence-corrected chi connectivity index (χ4v) is 5.59. The normalized spacial score (nSPS) is 22.9. The van der Waals surface area contributed by atoms with E-state index in [1.54, 1.807) is 14.2 Å². The summed E-state index contributed by atoms with van der Waals surface area (Å²) in [4.78, 5) is 13.7. The van der Waals surface area contributed by atoms with Crippen LogP contribution in [-0.2, 0) is 11.3 Å². The van der Waals surface area contributed by atoms with E-state index in [-0.39, 0.29) is 17.7 Å². The number of fused-ring (bicyclic) bond motifs is 1. The van der Waals surface area contributed by atoms with E-state index in [1.807, 2.05) is 18.2 Å². The van der Waals surface area contributed by atoms with Crippen molar-refractivity contribution in [3.05, 3.63) is 94.5 Å². The van der Waals surface area contributed by atoms with Crippen LogP contribution < -0.4 is 14.8 Å². The average molecular weight is 414 g/mol. The van der Waals surface area contributed by atoms with Crippen molar-refractivity contribution in [1.82, 2.24) is 5.32 Å². The Morgan fingerprint density at radius 3 is 2.13 bits per heavy atom. The number of hydrogen-bond acceptors (Lipinski definition) is 3. The minimum Gasteiger partial charge on any atom is -0.497 e. The first-order valence-electron chi connectivity index (χ1n) is 10.7. The van der Waals surface area contributed by atoms with E-state index in [4.69, 9.17) is 9.47 Å². The van der Waals surface area contributed by atoms with Gasteiger partial charge in [-0.05, 0) is 53.8 Å². The molecule has 6 rings (SSSR count). The number of benzene rings is 3. The summed E-state index contributed by atoms with van der Waals surface area (Å²) in [5.74, 6) is 1.87. The lowest BCUT2D eigenvalue weighted by Gasteiger charge is -2.50. The molecule has 3 aromatic rings. The van der Waals surface area contributed by atoms with Crippen molar-refractivity contribution >= 4 is 5.91 Å². The summed E-state index contributed by atoms with van der Waals surface area (Å²) >= 11 is 0. The van der Waals surface area contributed by atoms with Gasteiger partial charge >= 0.3 is 0 Å². The van der Waals surface area contributed by atoms with Gasteiger partial charge < -0.3 is 14.8 Å². The van der Waals surface area contributed by atoms with Gasteiger partial charge in [0.2, 0.25) is 5.91 Å². The molecule has 3 aliphatic carbocycles. The summed E-state index contributed by atoms with van der Waals surface area (Å²) < 4.78 is 10.8. The fraction of sp³-hybridized carbons (Fsp3) is 0.296. The zero-order valence-corrected chi connectivity index (χ0v) is 18.1. The lowest BCUT2D eigenvalue weighted by molar-refractivity contribution is -0.132. The Morgan fingerprint density at radius 1 is 0.935 bits per heavy atom. The molecule has 1 N–H and O–H groups in total. The van der Waals surface area contributed by atoms with Gasteiger partial charge in [-0.25, -0.2) is 0 Å². The van der Waals surface area contributed by atoms with E-state index in [1.165, 1.54) is 22.3 Å². The van der Waals surface area contributed by atoms with Crippen molar-refractivity contribution in [3.8, 4) is 11.5 Å². The van der Waals surface area contributed by atoms with Crippen LogP contribution in [0.3, 0.4) is 0 Å². The Labute approximate surface area is 183 Å². The molecule has 0 saturated heterocycles. The van der Waals surface area contributed by atoms with Gasteiger partial charge in [0.05, 0.1) is 19.6 Å². The molecule has 2 bridgehead atoms. The lowest BCUT2D eigenvalue weighted by atomic mass is 9.52. The van der Waals surface area contributed by atoms with Crippen LogP contribution in [0.2, 0.25) is 0 Å². The molecule has 0 heterocycles. The van der Waals surface area contributed by atoms with E-state index in [9.17, 15) is 4.79 Å². The van der Waals surface area contributed by atoms with E-state index in [0.717, 1.165) is 23.5 Å².